The molecule has 6 rings (SSSR count). The average Bonchev–Trinajstić information content (AvgIpc) is 3.84. The van der Waals surface area contributed by atoms with E-state index >= 15 is 0 Å². The topological polar surface area (TPSA) is 91.3 Å². The molecule has 3 aliphatic rings. The summed E-state index contributed by atoms with van der Waals surface area (Å²) >= 11 is 0. The van der Waals surface area contributed by atoms with Crippen molar-refractivity contribution in [1.82, 2.24) is 5.32 Å². The van der Waals surface area contributed by atoms with E-state index in [1.807, 2.05) is 47.4 Å². The molecule has 1 saturated carbocycles. The van der Waals surface area contributed by atoms with Crippen LogP contribution in [-0.4, -0.2) is 62.9 Å². The quantitative estimate of drug-likeness (QED) is 0.356. The van der Waals surface area contributed by atoms with E-state index in [-0.39, 0.29) is 42.0 Å². The molecule has 0 unspecified atom stereocenters. The van der Waals surface area contributed by atoms with Gasteiger partial charge in [-0.15, -0.1) is 0 Å². The summed E-state index contributed by atoms with van der Waals surface area (Å²) in [6, 6.07) is 17.7. The van der Waals surface area contributed by atoms with Crippen molar-refractivity contribution in [3.05, 3.63) is 72.0 Å². The highest BCUT2D eigenvalue weighted by molar-refractivity contribution is 6.01. The Bertz CT molecular complexity index is 1480. The molecule has 2 aliphatic heterocycles. The number of methoxy groups -OCH3 is 1. The maximum absolute atomic E-state index is 14.7. The normalized spacial score (nSPS) is 20.1. The number of halogens is 1. The van der Waals surface area contributed by atoms with Crippen LogP contribution < -0.4 is 19.9 Å². The van der Waals surface area contributed by atoms with E-state index in [0.29, 0.717) is 48.7 Å². The predicted molar refractivity (Wildman–Crippen MR) is 159 cm³/mol. The fourth-order valence-electron chi connectivity index (χ4n) is 6.17. The zero-order valence-corrected chi connectivity index (χ0v) is 23.7. The number of fused-ring (bicyclic) bond motifs is 1. The molecule has 2 fully saturated rings. The molecule has 1 saturated heterocycles. The SMILES string of the molecule is COCCCN1C(=O)COc2ccc(N(C(=O)[C@H]3CNCC[C@@H]3c3cccc(-c4ccc(O)cc4F)c3)C3CC3)cc21. The van der Waals surface area contributed by atoms with Gasteiger partial charge in [-0.1, -0.05) is 24.3 Å². The van der Waals surface area contributed by atoms with Gasteiger partial charge in [0, 0.05) is 50.2 Å². The maximum Gasteiger partial charge on any atom is 0.265 e. The Morgan fingerprint density at radius 1 is 1.14 bits per heavy atom. The number of aromatic hydroxyl groups is 1. The largest absolute Gasteiger partial charge is 0.508 e. The second-order valence-corrected chi connectivity index (χ2v) is 11.3. The molecule has 0 aromatic heterocycles. The van der Waals surface area contributed by atoms with Gasteiger partial charge in [0.1, 0.15) is 17.3 Å². The molecule has 1 aliphatic carbocycles. The smallest absolute Gasteiger partial charge is 0.265 e. The van der Waals surface area contributed by atoms with Crippen molar-refractivity contribution in [2.75, 3.05) is 49.8 Å². The zero-order valence-electron chi connectivity index (χ0n) is 23.7. The van der Waals surface area contributed by atoms with Crippen LogP contribution in [0.25, 0.3) is 11.1 Å². The first-order valence-electron chi connectivity index (χ1n) is 14.6. The van der Waals surface area contributed by atoms with Crippen LogP contribution in [0.4, 0.5) is 15.8 Å². The highest BCUT2D eigenvalue weighted by Gasteiger charge is 2.41. The first-order valence-corrected chi connectivity index (χ1v) is 14.6. The molecule has 42 heavy (non-hydrogen) atoms. The van der Waals surface area contributed by atoms with E-state index in [0.717, 1.165) is 43.1 Å². The summed E-state index contributed by atoms with van der Waals surface area (Å²) in [6.07, 6.45) is 3.32. The van der Waals surface area contributed by atoms with Crippen molar-refractivity contribution >= 4 is 23.2 Å². The Morgan fingerprint density at radius 3 is 2.79 bits per heavy atom. The first kappa shape index (κ1) is 28.2. The number of amides is 2. The number of nitrogens with zero attached hydrogens (tertiary/aromatic N) is 2. The van der Waals surface area contributed by atoms with Gasteiger partial charge in [0.15, 0.2) is 6.61 Å². The molecule has 2 amide bonds. The van der Waals surface area contributed by atoms with E-state index in [9.17, 15) is 19.1 Å². The number of nitrogens with one attached hydrogen (secondary N) is 1. The Kier molecular flexibility index (Phi) is 8.13. The van der Waals surface area contributed by atoms with Gasteiger partial charge in [0.25, 0.3) is 5.91 Å². The van der Waals surface area contributed by atoms with E-state index < -0.39 is 5.82 Å². The van der Waals surface area contributed by atoms with Crippen LogP contribution in [0.5, 0.6) is 11.5 Å². The Morgan fingerprint density at radius 2 is 2.00 bits per heavy atom. The van der Waals surface area contributed by atoms with Crippen molar-refractivity contribution in [3.8, 4) is 22.6 Å². The predicted octanol–water partition coefficient (Wildman–Crippen LogP) is 4.85. The molecule has 0 bridgehead atoms. The van der Waals surface area contributed by atoms with Gasteiger partial charge >= 0.3 is 0 Å². The van der Waals surface area contributed by atoms with Gasteiger partial charge < -0.3 is 29.7 Å². The molecule has 2 heterocycles. The third-order valence-corrected chi connectivity index (χ3v) is 8.42. The van der Waals surface area contributed by atoms with Gasteiger partial charge in [-0.05, 0) is 79.6 Å². The summed E-state index contributed by atoms with van der Waals surface area (Å²) in [6.45, 7) is 2.37. The molecule has 2 atom stereocenters. The Balaban J connectivity index is 1.30. The van der Waals surface area contributed by atoms with Gasteiger partial charge in [-0.2, -0.15) is 0 Å². The lowest BCUT2D eigenvalue weighted by Gasteiger charge is -2.36. The minimum atomic E-state index is -0.490. The molecule has 3 aromatic carbocycles. The van der Waals surface area contributed by atoms with Crippen molar-refractivity contribution in [2.45, 2.75) is 37.6 Å². The number of benzene rings is 3. The number of phenolic OH excluding ortho intramolecular Hbond substituents is 1. The van der Waals surface area contributed by atoms with Crippen LogP contribution in [-0.2, 0) is 14.3 Å². The third kappa shape index (κ3) is 5.71. The number of carbonyl (C=O) groups is 2. The number of ether oxygens (including phenoxy) is 2. The lowest BCUT2D eigenvalue weighted by atomic mass is 9.79. The average molecular weight is 574 g/mol. The summed E-state index contributed by atoms with van der Waals surface area (Å²) in [7, 11) is 1.64. The van der Waals surface area contributed by atoms with Crippen molar-refractivity contribution in [1.29, 1.82) is 0 Å². The molecule has 8 nitrogen and oxygen atoms in total. The number of hydrogen-bond acceptors (Lipinski definition) is 6. The van der Waals surface area contributed by atoms with Crippen LogP contribution in [0.1, 0.15) is 37.2 Å². The van der Waals surface area contributed by atoms with E-state index in [1.54, 1.807) is 18.1 Å². The van der Waals surface area contributed by atoms with Crippen LogP contribution in [0.15, 0.2) is 60.7 Å². The van der Waals surface area contributed by atoms with Crippen molar-refractivity contribution in [2.24, 2.45) is 5.92 Å². The second-order valence-electron chi connectivity index (χ2n) is 11.3. The summed E-state index contributed by atoms with van der Waals surface area (Å²) in [5, 5.41) is 13.1. The maximum atomic E-state index is 14.7. The number of anilines is 2. The third-order valence-electron chi connectivity index (χ3n) is 8.42. The molecule has 220 valence electrons. The molecule has 9 heteroatoms. The molecule has 0 radical (unpaired) electrons. The number of hydrogen-bond donors (Lipinski definition) is 2. The standard InChI is InChI=1S/C33H36FN3O5/c1-41-15-3-14-36-30-17-24(8-11-31(30)42-20-32(36)39)37(23-6-7-23)33(40)28-19-35-13-12-26(28)21-4-2-5-22(16-21)27-10-9-25(38)18-29(27)34/h2,4-5,8-11,16-18,23,26,28,35,38H,3,6-7,12-15,19-20H2,1H3/t26-,28+/m1/s1. The van der Waals surface area contributed by atoms with Crippen LogP contribution >= 0.6 is 0 Å². The van der Waals surface area contributed by atoms with Gasteiger partial charge in [0.2, 0.25) is 5.91 Å². The van der Waals surface area contributed by atoms with Gasteiger partial charge in [-0.3, -0.25) is 9.59 Å². The fraction of sp³-hybridized carbons (Fsp3) is 0.394. The fourth-order valence-corrected chi connectivity index (χ4v) is 6.17. The minimum absolute atomic E-state index is 0.00682. The zero-order chi connectivity index (χ0) is 29.2. The Labute approximate surface area is 245 Å². The van der Waals surface area contributed by atoms with Crippen molar-refractivity contribution < 1.29 is 28.6 Å². The number of carbonyl (C=O) groups excluding carboxylic acids is 2. The summed E-state index contributed by atoms with van der Waals surface area (Å²) < 4.78 is 25.6. The molecular weight excluding hydrogens is 537 g/mol. The number of phenols is 1. The molecule has 3 aromatic rings. The lowest BCUT2D eigenvalue weighted by molar-refractivity contribution is -0.123. The highest BCUT2D eigenvalue weighted by atomic mass is 19.1. The molecular formula is C33H36FN3O5. The number of piperidine rings is 1. The van der Waals surface area contributed by atoms with Crippen molar-refractivity contribution in [3.63, 3.8) is 0 Å². The van der Waals surface area contributed by atoms with Gasteiger partial charge in [-0.25, -0.2) is 4.39 Å². The summed E-state index contributed by atoms with van der Waals surface area (Å²) in [4.78, 5) is 30.8. The molecule has 0 spiro atoms. The summed E-state index contributed by atoms with van der Waals surface area (Å²) in [5.74, 6) is -0.399. The van der Waals surface area contributed by atoms with E-state index in [4.69, 9.17) is 9.47 Å². The summed E-state index contributed by atoms with van der Waals surface area (Å²) in [5.41, 5.74) is 3.55. The second kappa shape index (κ2) is 12.1. The van der Waals surface area contributed by atoms with Crippen LogP contribution in [0.2, 0.25) is 0 Å². The van der Waals surface area contributed by atoms with Gasteiger partial charge in [0.05, 0.1) is 11.6 Å². The van der Waals surface area contributed by atoms with Crippen LogP contribution in [0.3, 0.4) is 0 Å². The monoisotopic (exact) mass is 573 g/mol. The van der Waals surface area contributed by atoms with Crippen LogP contribution in [0, 0.1) is 11.7 Å². The van der Waals surface area contributed by atoms with E-state index in [2.05, 4.69) is 5.32 Å². The lowest BCUT2D eigenvalue weighted by Crippen LogP contribution is -2.47. The Hall–Kier alpha value is -3.95. The number of rotatable bonds is 9. The minimum Gasteiger partial charge on any atom is -0.508 e. The highest BCUT2D eigenvalue weighted by Crippen LogP contribution is 2.42. The molecule has 2 N–H and O–H groups in total. The first-order chi connectivity index (χ1) is 20.4. The van der Waals surface area contributed by atoms with E-state index in [1.165, 1.54) is 6.07 Å².